The molecule has 1 fully saturated rings. The van der Waals surface area contributed by atoms with E-state index in [0.29, 0.717) is 29.5 Å². The molecular weight excluding hydrogens is 353 g/mol. The summed E-state index contributed by atoms with van der Waals surface area (Å²) in [7, 11) is 0. The number of carboxylic acids is 1. The average molecular weight is 368 g/mol. The van der Waals surface area contributed by atoms with Gasteiger partial charge in [0.25, 0.3) is 0 Å². The molecule has 0 amide bonds. The average Bonchev–Trinajstić information content (AvgIpc) is 3.44. The molecule has 0 unspecified atom stereocenters. The van der Waals surface area contributed by atoms with E-state index in [1.165, 1.54) is 42.5 Å². The second-order valence-electron chi connectivity index (χ2n) is 6.78. The van der Waals surface area contributed by atoms with Gasteiger partial charge in [-0.05, 0) is 53.8 Å². The summed E-state index contributed by atoms with van der Waals surface area (Å²) in [5.74, 6) is -2.59. The van der Waals surface area contributed by atoms with E-state index in [1.54, 1.807) is 18.2 Å². The van der Waals surface area contributed by atoms with Gasteiger partial charge < -0.3 is 5.11 Å². The van der Waals surface area contributed by atoms with Crippen LogP contribution < -0.4 is 0 Å². The number of hydrogen-bond donors (Lipinski definition) is 1. The molecule has 1 aliphatic carbocycles. The van der Waals surface area contributed by atoms with E-state index in [0.717, 1.165) is 0 Å². The smallest absolute Gasteiger partial charge is 0.314 e. The van der Waals surface area contributed by atoms with Gasteiger partial charge in [-0.15, -0.1) is 0 Å². The van der Waals surface area contributed by atoms with E-state index in [4.69, 9.17) is 0 Å². The first-order chi connectivity index (χ1) is 12.9. The van der Waals surface area contributed by atoms with Gasteiger partial charge in [-0.1, -0.05) is 36.4 Å². The van der Waals surface area contributed by atoms with Crippen LogP contribution in [0.4, 0.5) is 13.2 Å². The Labute approximate surface area is 153 Å². The molecule has 136 valence electrons. The fraction of sp³-hybridized carbons (Fsp3) is 0.136. The Kier molecular flexibility index (Phi) is 4.02. The number of halogens is 3. The summed E-state index contributed by atoms with van der Waals surface area (Å²) in [4.78, 5) is 11.4. The van der Waals surface area contributed by atoms with Crippen LogP contribution >= 0.6 is 0 Å². The van der Waals surface area contributed by atoms with Crippen molar-refractivity contribution in [2.75, 3.05) is 0 Å². The zero-order chi connectivity index (χ0) is 19.2. The Balaban J connectivity index is 1.69. The van der Waals surface area contributed by atoms with Gasteiger partial charge in [-0.3, -0.25) is 4.79 Å². The van der Waals surface area contributed by atoms with Crippen LogP contribution in [0.25, 0.3) is 22.3 Å². The van der Waals surface area contributed by atoms with Gasteiger partial charge in [0.05, 0.1) is 5.41 Å². The highest BCUT2D eigenvalue weighted by Gasteiger charge is 2.53. The lowest BCUT2D eigenvalue weighted by atomic mass is 9.92. The normalized spacial score (nSPS) is 14.8. The third kappa shape index (κ3) is 2.99. The first kappa shape index (κ1) is 17.3. The van der Waals surface area contributed by atoms with Gasteiger partial charge in [-0.25, -0.2) is 13.2 Å². The van der Waals surface area contributed by atoms with Gasteiger partial charge in [-0.2, -0.15) is 0 Å². The second kappa shape index (κ2) is 6.27. The monoisotopic (exact) mass is 368 g/mol. The molecule has 3 aromatic carbocycles. The molecule has 27 heavy (non-hydrogen) atoms. The third-order valence-corrected chi connectivity index (χ3v) is 5.10. The quantitative estimate of drug-likeness (QED) is 0.655. The number of rotatable bonds is 4. The predicted molar refractivity (Wildman–Crippen MR) is 95.7 cm³/mol. The predicted octanol–water partition coefficient (Wildman–Crippen LogP) is 5.55. The van der Waals surface area contributed by atoms with Gasteiger partial charge in [0, 0.05) is 11.1 Å². The van der Waals surface area contributed by atoms with Crippen LogP contribution in [0.2, 0.25) is 0 Å². The van der Waals surface area contributed by atoms with Crippen molar-refractivity contribution in [2.24, 2.45) is 0 Å². The maximum Gasteiger partial charge on any atom is 0.314 e. The molecular formula is C22H15F3O2. The van der Waals surface area contributed by atoms with Crippen LogP contribution in [0.1, 0.15) is 18.4 Å². The maximum atomic E-state index is 14.6. The fourth-order valence-corrected chi connectivity index (χ4v) is 3.37. The minimum Gasteiger partial charge on any atom is -0.481 e. The minimum absolute atomic E-state index is 0.141. The summed E-state index contributed by atoms with van der Waals surface area (Å²) in [5, 5.41) is 9.32. The Morgan fingerprint density at radius 2 is 1.37 bits per heavy atom. The third-order valence-electron chi connectivity index (χ3n) is 5.10. The van der Waals surface area contributed by atoms with E-state index in [1.807, 2.05) is 0 Å². The van der Waals surface area contributed by atoms with E-state index < -0.39 is 23.0 Å². The van der Waals surface area contributed by atoms with Gasteiger partial charge in [0.2, 0.25) is 0 Å². The molecule has 1 N–H and O–H groups in total. The largest absolute Gasteiger partial charge is 0.481 e. The Bertz CT molecular complexity index is 1040. The SMILES string of the molecule is O=C(O)C1(c2ccc(-c3ccc(-c4ccc(F)cc4)cc3F)cc2F)CC1. The molecule has 0 heterocycles. The lowest BCUT2D eigenvalue weighted by molar-refractivity contribution is -0.140. The maximum absolute atomic E-state index is 14.6. The lowest BCUT2D eigenvalue weighted by Gasteiger charge is -2.13. The lowest BCUT2D eigenvalue weighted by Crippen LogP contribution is -2.20. The van der Waals surface area contributed by atoms with E-state index in [9.17, 15) is 23.1 Å². The highest BCUT2D eigenvalue weighted by Crippen LogP contribution is 2.49. The zero-order valence-electron chi connectivity index (χ0n) is 14.2. The van der Waals surface area contributed by atoms with Crippen LogP contribution in [-0.2, 0) is 10.2 Å². The van der Waals surface area contributed by atoms with Crippen molar-refractivity contribution < 1.29 is 23.1 Å². The fourth-order valence-electron chi connectivity index (χ4n) is 3.37. The molecule has 0 bridgehead atoms. The summed E-state index contributed by atoms with van der Waals surface area (Å²) in [6.07, 6.45) is 0.804. The molecule has 2 nitrogen and oxygen atoms in total. The van der Waals surface area contributed by atoms with Crippen molar-refractivity contribution in [1.82, 2.24) is 0 Å². The highest BCUT2D eigenvalue weighted by atomic mass is 19.1. The number of hydrogen-bond acceptors (Lipinski definition) is 1. The first-order valence-corrected chi connectivity index (χ1v) is 8.50. The summed E-state index contributed by atoms with van der Waals surface area (Å²) < 4.78 is 42.2. The molecule has 1 saturated carbocycles. The Morgan fingerprint density at radius 1 is 0.778 bits per heavy atom. The zero-order valence-corrected chi connectivity index (χ0v) is 14.2. The van der Waals surface area contributed by atoms with Crippen LogP contribution in [0, 0.1) is 17.5 Å². The molecule has 5 heteroatoms. The number of benzene rings is 3. The molecule has 0 aliphatic heterocycles. The van der Waals surface area contributed by atoms with Crippen molar-refractivity contribution >= 4 is 5.97 Å². The highest BCUT2D eigenvalue weighted by molar-refractivity contribution is 5.85. The summed E-state index contributed by atoms with van der Waals surface area (Å²) >= 11 is 0. The van der Waals surface area contributed by atoms with Crippen LogP contribution in [0.15, 0.2) is 60.7 Å². The topological polar surface area (TPSA) is 37.3 Å². The van der Waals surface area contributed by atoms with E-state index in [2.05, 4.69) is 0 Å². The summed E-state index contributed by atoms with van der Waals surface area (Å²) in [6.45, 7) is 0. The van der Waals surface area contributed by atoms with Crippen molar-refractivity contribution in [3.63, 3.8) is 0 Å². The first-order valence-electron chi connectivity index (χ1n) is 8.50. The number of aliphatic carboxylic acids is 1. The minimum atomic E-state index is -1.15. The van der Waals surface area contributed by atoms with Gasteiger partial charge in [0.1, 0.15) is 17.5 Å². The van der Waals surface area contributed by atoms with Crippen molar-refractivity contribution in [2.45, 2.75) is 18.3 Å². The molecule has 0 aromatic heterocycles. The molecule has 1 aliphatic rings. The van der Waals surface area contributed by atoms with Crippen molar-refractivity contribution in [3.8, 4) is 22.3 Å². The van der Waals surface area contributed by atoms with Gasteiger partial charge >= 0.3 is 5.97 Å². The molecule has 0 spiro atoms. The van der Waals surface area contributed by atoms with Crippen LogP contribution in [0.3, 0.4) is 0 Å². The summed E-state index contributed by atoms with van der Waals surface area (Å²) in [6, 6.07) is 14.4. The molecule has 0 atom stereocenters. The molecule has 0 saturated heterocycles. The van der Waals surface area contributed by atoms with Crippen molar-refractivity contribution in [3.05, 3.63) is 83.7 Å². The number of carboxylic acid groups (broad SMARTS) is 1. The van der Waals surface area contributed by atoms with E-state index >= 15 is 0 Å². The van der Waals surface area contributed by atoms with Crippen LogP contribution in [-0.4, -0.2) is 11.1 Å². The molecule has 0 radical (unpaired) electrons. The van der Waals surface area contributed by atoms with Crippen LogP contribution in [0.5, 0.6) is 0 Å². The Morgan fingerprint density at radius 3 is 1.93 bits per heavy atom. The number of carbonyl (C=O) groups is 1. The standard InChI is InChI=1S/C22H15F3O2/c23-16-5-1-13(2-6-16)14-3-7-17(19(24)11-14)15-4-8-18(20(25)12-15)22(9-10-22)21(26)27/h1-8,11-12H,9-10H2,(H,26,27). The van der Waals surface area contributed by atoms with E-state index in [-0.39, 0.29) is 16.9 Å². The molecule has 4 rings (SSSR count). The van der Waals surface area contributed by atoms with Crippen molar-refractivity contribution in [1.29, 1.82) is 0 Å². The Hall–Kier alpha value is -3.08. The second-order valence-corrected chi connectivity index (χ2v) is 6.78. The molecule has 3 aromatic rings. The summed E-state index contributed by atoms with van der Waals surface area (Å²) in [5.41, 5.74) is 0.791. The van der Waals surface area contributed by atoms with Gasteiger partial charge in [0.15, 0.2) is 0 Å².